The number of allylic oxidation sites excluding steroid dienone is 2. The Morgan fingerprint density at radius 3 is 1.90 bits per heavy atom. The number of aliphatic hydroxyl groups is 1. The van der Waals surface area contributed by atoms with Gasteiger partial charge in [-0.1, -0.05) is 24.6 Å². The Morgan fingerprint density at radius 1 is 1.14 bits per heavy atom. The van der Waals surface area contributed by atoms with E-state index < -0.39 is 35.0 Å². The van der Waals surface area contributed by atoms with Crippen molar-refractivity contribution >= 4 is 5.71 Å². The maximum atomic E-state index is 13.0. The predicted molar refractivity (Wildman–Crippen MR) is 61.9 cm³/mol. The van der Waals surface area contributed by atoms with E-state index in [1.54, 1.807) is 0 Å². The first-order valence-electron chi connectivity index (χ1n) is 5.93. The van der Waals surface area contributed by atoms with E-state index >= 15 is 0 Å². The van der Waals surface area contributed by atoms with Gasteiger partial charge in [0.1, 0.15) is 0 Å². The molecule has 0 aromatic heterocycles. The lowest BCUT2D eigenvalue weighted by Gasteiger charge is -2.47. The summed E-state index contributed by atoms with van der Waals surface area (Å²) in [5, 5.41) is 20.9. The van der Waals surface area contributed by atoms with Crippen LogP contribution in [0.2, 0.25) is 0 Å². The minimum atomic E-state index is -5.97. The fraction of sp³-hybridized carbons (Fsp3) is 0.750. The Hall–Kier alpha value is -1.25. The SMILES string of the molecule is CC1=C/C(=N\O)[C@H](C(O)(C(F)(F)F)C(F)(F)F)C(C)(C)C1. The summed E-state index contributed by atoms with van der Waals surface area (Å²) in [6.45, 7) is 3.80. The number of nitrogens with zero attached hydrogens (tertiary/aromatic N) is 1. The van der Waals surface area contributed by atoms with Crippen molar-refractivity contribution < 1.29 is 36.7 Å². The van der Waals surface area contributed by atoms with Crippen LogP contribution >= 0.6 is 0 Å². The second-order valence-corrected chi connectivity index (χ2v) is 5.88. The van der Waals surface area contributed by atoms with Gasteiger partial charge in [0.15, 0.2) is 0 Å². The third-order valence-electron chi connectivity index (χ3n) is 3.60. The van der Waals surface area contributed by atoms with E-state index in [2.05, 4.69) is 5.16 Å². The highest BCUT2D eigenvalue weighted by molar-refractivity contribution is 5.99. The summed E-state index contributed by atoms with van der Waals surface area (Å²) in [5.74, 6) is -2.47. The van der Waals surface area contributed by atoms with Gasteiger partial charge < -0.3 is 10.3 Å². The molecule has 1 atom stereocenters. The van der Waals surface area contributed by atoms with Crippen molar-refractivity contribution in [2.24, 2.45) is 16.5 Å². The van der Waals surface area contributed by atoms with Crippen molar-refractivity contribution in [1.29, 1.82) is 0 Å². The number of hydrogen-bond donors (Lipinski definition) is 2. The summed E-state index contributed by atoms with van der Waals surface area (Å²) in [4.78, 5) is 0. The summed E-state index contributed by atoms with van der Waals surface area (Å²) in [6, 6.07) is 0. The van der Waals surface area contributed by atoms with Crippen molar-refractivity contribution in [3.05, 3.63) is 11.6 Å². The highest BCUT2D eigenvalue weighted by Gasteiger charge is 2.76. The highest BCUT2D eigenvalue weighted by atomic mass is 19.4. The molecule has 0 aromatic carbocycles. The largest absolute Gasteiger partial charge is 0.426 e. The van der Waals surface area contributed by atoms with E-state index in [-0.39, 0.29) is 6.42 Å². The van der Waals surface area contributed by atoms with Gasteiger partial charge in [-0.15, -0.1) is 0 Å². The predicted octanol–water partition coefficient (Wildman–Crippen LogP) is 3.66. The second kappa shape index (κ2) is 4.89. The van der Waals surface area contributed by atoms with Crippen LogP contribution in [-0.2, 0) is 0 Å². The highest BCUT2D eigenvalue weighted by Crippen LogP contribution is 2.55. The van der Waals surface area contributed by atoms with Crippen molar-refractivity contribution in [3.8, 4) is 0 Å². The molecule has 9 heteroatoms. The first kappa shape index (κ1) is 17.8. The van der Waals surface area contributed by atoms with Gasteiger partial charge >= 0.3 is 12.4 Å². The maximum absolute atomic E-state index is 13.0. The molecule has 2 N–H and O–H groups in total. The molecule has 0 fully saturated rings. The summed E-state index contributed by atoms with van der Waals surface area (Å²) in [6.07, 6.45) is -11.1. The molecule has 122 valence electrons. The molecule has 0 spiro atoms. The zero-order valence-electron chi connectivity index (χ0n) is 11.5. The minimum Gasteiger partial charge on any atom is -0.411 e. The third-order valence-corrected chi connectivity index (χ3v) is 3.60. The molecule has 0 aliphatic heterocycles. The van der Waals surface area contributed by atoms with Gasteiger partial charge in [0.25, 0.3) is 5.60 Å². The topological polar surface area (TPSA) is 52.8 Å². The lowest BCUT2D eigenvalue weighted by Crippen LogP contribution is -2.67. The van der Waals surface area contributed by atoms with Gasteiger partial charge in [-0.25, -0.2) is 0 Å². The van der Waals surface area contributed by atoms with E-state index in [9.17, 15) is 31.4 Å². The van der Waals surface area contributed by atoms with Crippen molar-refractivity contribution in [2.45, 2.75) is 45.1 Å². The fourth-order valence-electron chi connectivity index (χ4n) is 2.96. The third kappa shape index (κ3) is 2.75. The minimum absolute atomic E-state index is 0.106. The van der Waals surface area contributed by atoms with Crippen LogP contribution in [0.25, 0.3) is 0 Å². The Labute approximate surface area is 116 Å². The van der Waals surface area contributed by atoms with Crippen LogP contribution in [0.3, 0.4) is 0 Å². The van der Waals surface area contributed by atoms with Gasteiger partial charge in [0.05, 0.1) is 11.6 Å². The molecule has 21 heavy (non-hydrogen) atoms. The molecule has 0 aromatic rings. The molecule has 1 aliphatic carbocycles. The van der Waals surface area contributed by atoms with Crippen LogP contribution in [0.5, 0.6) is 0 Å². The monoisotopic (exact) mass is 319 g/mol. The van der Waals surface area contributed by atoms with Gasteiger partial charge in [-0.2, -0.15) is 26.3 Å². The van der Waals surface area contributed by atoms with E-state index in [4.69, 9.17) is 5.21 Å². The van der Waals surface area contributed by atoms with Gasteiger partial charge in [0.2, 0.25) is 0 Å². The Kier molecular flexibility index (Phi) is 4.15. The van der Waals surface area contributed by atoms with Crippen LogP contribution in [0.1, 0.15) is 27.2 Å². The summed E-state index contributed by atoms with van der Waals surface area (Å²) < 4.78 is 78.0. The number of hydrogen-bond acceptors (Lipinski definition) is 3. The molecule has 0 saturated heterocycles. The lowest BCUT2D eigenvalue weighted by atomic mass is 9.61. The van der Waals surface area contributed by atoms with Gasteiger partial charge in [-0.05, 0) is 24.8 Å². The summed E-state index contributed by atoms with van der Waals surface area (Å²) >= 11 is 0. The Bertz CT molecular complexity index is 461. The van der Waals surface area contributed by atoms with Gasteiger partial charge in [-0.3, -0.25) is 0 Å². The Balaban J connectivity index is 3.64. The van der Waals surface area contributed by atoms with Gasteiger partial charge in [0, 0.05) is 0 Å². The average molecular weight is 319 g/mol. The van der Waals surface area contributed by atoms with Crippen molar-refractivity contribution in [1.82, 2.24) is 0 Å². The summed E-state index contributed by atoms with van der Waals surface area (Å²) in [5.41, 5.74) is -7.00. The average Bonchev–Trinajstić information content (AvgIpc) is 2.22. The standard InChI is InChI=1S/C12H15F6NO2/c1-6-4-7(19-21)8(9(2,3)5-6)10(20,11(13,14)15)12(16,17)18/h4,8,20-21H,5H2,1-3H3/b19-7+/t8-/m0/s1. The lowest BCUT2D eigenvalue weighted by molar-refractivity contribution is -0.385. The van der Waals surface area contributed by atoms with E-state index in [1.807, 2.05) is 0 Å². The van der Waals surface area contributed by atoms with Crippen molar-refractivity contribution in [3.63, 3.8) is 0 Å². The molecule has 3 nitrogen and oxygen atoms in total. The molecule has 0 bridgehead atoms. The molecular weight excluding hydrogens is 304 g/mol. The van der Waals surface area contributed by atoms with Crippen LogP contribution in [0.15, 0.2) is 16.8 Å². The first-order chi connectivity index (χ1) is 9.18. The quantitative estimate of drug-likeness (QED) is 0.440. The van der Waals surface area contributed by atoms with Crippen LogP contribution in [0.4, 0.5) is 26.3 Å². The molecule has 0 radical (unpaired) electrons. The van der Waals surface area contributed by atoms with Crippen LogP contribution in [0, 0.1) is 11.3 Å². The van der Waals surface area contributed by atoms with Crippen LogP contribution in [-0.4, -0.2) is 34.0 Å². The van der Waals surface area contributed by atoms with E-state index in [1.165, 1.54) is 6.92 Å². The van der Waals surface area contributed by atoms with E-state index in [0.29, 0.717) is 5.57 Å². The maximum Gasteiger partial charge on any atom is 0.426 e. The number of rotatable bonds is 1. The molecule has 0 amide bonds. The number of halogens is 6. The molecule has 0 unspecified atom stereocenters. The number of oxime groups is 1. The van der Waals surface area contributed by atoms with Crippen molar-refractivity contribution in [2.75, 3.05) is 0 Å². The normalized spacial score (nSPS) is 25.9. The zero-order chi connectivity index (χ0) is 16.9. The van der Waals surface area contributed by atoms with E-state index in [0.717, 1.165) is 19.9 Å². The smallest absolute Gasteiger partial charge is 0.411 e. The zero-order valence-corrected chi connectivity index (χ0v) is 11.5. The Morgan fingerprint density at radius 2 is 1.57 bits per heavy atom. The molecular formula is C12H15F6NO2. The first-order valence-corrected chi connectivity index (χ1v) is 5.93. The molecule has 0 heterocycles. The summed E-state index contributed by atoms with van der Waals surface area (Å²) in [7, 11) is 0. The fourth-order valence-corrected chi connectivity index (χ4v) is 2.96. The molecule has 1 rings (SSSR count). The second-order valence-electron chi connectivity index (χ2n) is 5.88. The van der Waals surface area contributed by atoms with Crippen LogP contribution < -0.4 is 0 Å². The molecule has 1 aliphatic rings. The number of alkyl halides is 6. The molecule has 0 saturated carbocycles.